The topological polar surface area (TPSA) is 92.5 Å². The van der Waals surface area contributed by atoms with E-state index in [0.717, 1.165) is 17.7 Å². The first kappa shape index (κ1) is 16.5. The normalized spacial score (nSPS) is 10.9. The molecule has 0 saturated carbocycles. The number of benzene rings is 1. The van der Waals surface area contributed by atoms with E-state index >= 15 is 0 Å². The molecule has 2 heterocycles. The number of carbonyl (C=O) groups excluding carboxylic acids is 1. The van der Waals surface area contributed by atoms with Gasteiger partial charge in [0.2, 0.25) is 0 Å². The van der Waals surface area contributed by atoms with Crippen molar-refractivity contribution < 1.29 is 13.9 Å². The first-order chi connectivity index (χ1) is 12.3. The van der Waals surface area contributed by atoms with Gasteiger partial charge >= 0.3 is 0 Å². The number of H-pyrrole nitrogens is 1. The number of nitrogens with zero attached hydrogens (tertiary/aromatic N) is 2. The van der Waals surface area contributed by atoms with Gasteiger partial charge in [0.05, 0.1) is 24.8 Å². The van der Waals surface area contributed by atoms with Gasteiger partial charge in [-0.05, 0) is 48.9 Å². The third-order valence-electron chi connectivity index (χ3n) is 3.35. The van der Waals surface area contributed by atoms with Crippen LogP contribution in [0.2, 0.25) is 0 Å². The van der Waals surface area contributed by atoms with E-state index in [2.05, 4.69) is 27.6 Å². The quantitative estimate of drug-likeness (QED) is 0.511. The molecule has 2 N–H and O–H groups in total. The molecule has 0 unspecified atom stereocenters. The molecule has 0 aliphatic carbocycles. The largest absolute Gasteiger partial charge is 0.494 e. The van der Waals surface area contributed by atoms with E-state index < -0.39 is 0 Å². The summed E-state index contributed by atoms with van der Waals surface area (Å²) in [6.07, 6.45) is 3.91. The van der Waals surface area contributed by atoms with Gasteiger partial charge in [-0.3, -0.25) is 9.89 Å². The molecule has 2 aromatic heterocycles. The van der Waals surface area contributed by atoms with Crippen molar-refractivity contribution in [3.8, 4) is 17.0 Å². The van der Waals surface area contributed by atoms with Crippen LogP contribution in [0.15, 0.2) is 58.2 Å². The Bertz CT molecular complexity index is 836. The number of hydrogen-bond donors (Lipinski definition) is 2. The van der Waals surface area contributed by atoms with Crippen LogP contribution < -0.4 is 10.2 Å². The van der Waals surface area contributed by atoms with E-state index in [1.807, 2.05) is 24.3 Å². The number of furan rings is 1. The van der Waals surface area contributed by atoms with Crippen molar-refractivity contribution in [3.05, 3.63) is 60.2 Å². The van der Waals surface area contributed by atoms with E-state index in [1.165, 1.54) is 12.5 Å². The van der Waals surface area contributed by atoms with E-state index in [-0.39, 0.29) is 5.91 Å². The molecule has 3 rings (SSSR count). The average Bonchev–Trinajstić information content (AvgIpc) is 3.32. The van der Waals surface area contributed by atoms with Crippen LogP contribution in [0, 0.1) is 0 Å². The highest BCUT2D eigenvalue weighted by Gasteiger charge is 2.10. The second kappa shape index (κ2) is 7.96. The Morgan fingerprint density at radius 2 is 2.20 bits per heavy atom. The fraction of sp³-hybridized carbons (Fsp3) is 0.167. The number of hydrazone groups is 1. The second-order valence-corrected chi connectivity index (χ2v) is 5.25. The molecule has 0 bridgehead atoms. The Hall–Kier alpha value is -3.35. The minimum atomic E-state index is -0.385. The first-order valence-electron chi connectivity index (χ1n) is 7.92. The monoisotopic (exact) mass is 338 g/mol. The summed E-state index contributed by atoms with van der Waals surface area (Å²) in [5, 5.41) is 10.7. The van der Waals surface area contributed by atoms with Crippen molar-refractivity contribution in [1.29, 1.82) is 0 Å². The average molecular weight is 338 g/mol. The molecule has 7 heteroatoms. The van der Waals surface area contributed by atoms with Gasteiger partial charge in [-0.1, -0.05) is 6.92 Å². The predicted octanol–water partition coefficient (Wildman–Crippen LogP) is 3.22. The zero-order valence-electron chi connectivity index (χ0n) is 13.7. The predicted molar refractivity (Wildman–Crippen MR) is 93.6 cm³/mol. The van der Waals surface area contributed by atoms with Gasteiger partial charge in [-0.2, -0.15) is 10.2 Å². The highest BCUT2D eigenvalue weighted by atomic mass is 16.5. The highest BCUT2D eigenvalue weighted by Crippen LogP contribution is 2.21. The summed E-state index contributed by atoms with van der Waals surface area (Å²) in [5.41, 5.74) is 4.29. The zero-order chi connectivity index (χ0) is 17.5. The standard InChI is InChI=1S/C18H18N4O3/c1-2-9-24-14-7-5-13(6-8-14)16-11-17(21-20-16)18(23)22-19-12-15-4-3-10-25-15/h3-8,10-12H,2,9H2,1H3,(H,20,21)(H,22,23)/b19-12-. The molecule has 1 amide bonds. The number of ether oxygens (including phenoxy) is 1. The number of amides is 1. The molecule has 0 saturated heterocycles. The Balaban J connectivity index is 1.62. The number of nitrogens with one attached hydrogen (secondary N) is 2. The summed E-state index contributed by atoms with van der Waals surface area (Å²) >= 11 is 0. The lowest BCUT2D eigenvalue weighted by Crippen LogP contribution is -2.17. The summed E-state index contributed by atoms with van der Waals surface area (Å²) in [4.78, 5) is 12.0. The van der Waals surface area contributed by atoms with Crippen LogP contribution in [0.25, 0.3) is 11.3 Å². The number of rotatable bonds is 7. The molecule has 1 aromatic carbocycles. The summed E-state index contributed by atoms with van der Waals surface area (Å²) in [5.74, 6) is 0.979. The Morgan fingerprint density at radius 3 is 2.92 bits per heavy atom. The summed E-state index contributed by atoms with van der Waals surface area (Å²) in [6.45, 7) is 2.74. The van der Waals surface area contributed by atoms with Crippen molar-refractivity contribution in [2.75, 3.05) is 6.61 Å². The van der Waals surface area contributed by atoms with Crippen LogP contribution in [0.1, 0.15) is 29.6 Å². The van der Waals surface area contributed by atoms with Crippen LogP contribution in [-0.2, 0) is 0 Å². The molecule has 0 radical (unpaired) electrons. The molecule has 0 spiro atoms. The Kier molecular flexibility index (Phi) is 5.26. The Morgan fingerprint density at radius 1 is 1.36 bits per heavy atom. The van der Waals surface area contributed by atoms with Gasteiger partial charge in [0.15, 0.2) is 0 Å². The van der Waals surface area contributed by atoms with Crippen LogP contribution in [-0.4, -0.2) is 28.9 Å². The molecule has 3 aromatic rings. The minimum Gasteiger partial charge on any atom is -0.494 e. The summed E-state index contributed by atoms with van der Waals surface area (Å²) in [7, 11) is 0. The van der Waals surface area contributed by atoms with Gasteiger partial charge in [0.25, 0.3) is 5.91 Å². The maximum Gasteiger partial charge on any atom is 0.289 e. The van der Waals surface area contributed by atoms with Crippen molar-refractivity contribution in [2.24, 2.45) is 5.10 Å². The number of aromatic amines is 1. The maximum absolute atomic E-state index is 12.0. The zero-order valence-corrected chi connectivity index (χ0v) is 13.7. The van der Waals surface area contributed by atoms with Crippen molar-refractivity contribution >= 4 is 12.1 Å². The van der Waals surface area contributed by atoms with E-state index in [1.54, 1.807) is 18.2 Å². The number of carbonyl (C=O) groups is 1. The molecular formula is C18H18N4O3. The maximum atomic E-state index is 12.0. The molecule has 128 valence electrons. The minimum absolute atomic E-state index is 0.318. The van der Waals surface area contributed by atoms with E-state index in [9.17, 15) is 4.79 Å². The fourth-order valence-corrected chi connectivity index (χ4v) is 2.11. The Labute approximate surface area is 144 Å². The third kappa shape index (κ3) is 4.35. The number of hydrogen-bond acceptors (Lipinski definition) is 5. The molecule has 0 aliphatic rings. The van der Waals surface area contributed by atoms with Crippen LogP contribution >= 0.6 is 0 Å². The lowest BCUT2D eigenvalue weighted by atomic mass is 10.1. The van der Waals surface area contributed by atoms with Crippen LogP contribution in [0.3, 0.4) is 0 Å². The van der Waals surface area contributed by atoms with Crippen molar-refractivity contribution in [3.63, 3.8) is 0 Å². The van der Waals surface area contributed by atoms with Gasteiger partial charge in [-0.15, -0.1) is 0 Å². The van der Waals surface area contributed by atoms with E-state index in [0.29, 0.717) is 23.8 Å². The lowest BCUT2D eigenvalue weighted by Gasteiger charge is -2.04. The molecule has 0 aliphatic heterocycles. The fourth-order valence-electron chi connectivity index (χ4n) is 2.11. The molecule has 7 nitrogen and oxygen atoms in total. The third-order valence-corrected chi connectivity index (χ3v) is 3.35. The molecule has 0 atom stereocenters. The van der Waals surface area contributed by atoms with Gasteiger partial charge < -0.3 is 9.15 Å². The lowest BCUT2D eigenvalue weighted by molar-refractivity contribution is 0.0950. The summed E-state index contributed by atoms with van der Waals surface area (Å²) < 4.78 is 10.6. The first-order valence-corrected chi connectivity index (χ1v) is 7.92. The smallest absolute Gasteiger partial charge is 0.289 e. The highest BCUT2D eigenvalue weighted by molar-refractivity contribution is 5.93. The van der Waals surface area contributed by atoms with Crippen LogP contribution in [0.4, 0.5) is 0 Å². The number of aromatic nitrogens is 2. The van der Waals surface area contributed by atoms with Gasteiger partial charge in [0, 0.05) is 5.56 Å². The van der Waals surface area contributed by atoms with Gasteiger partial charge in [-0.25, -0.2) is 5.43 Å². The van der Waals surface area contributed by atoms with Gasteiger partial charge in [0.1, 0.15) is 17.2 Å². The molecule has 0 fully saturated rings. The van der Waals surface area contributed by atoms with Crippen LogP contribution in [0.5, 0.6) is 5.75 Å². The SMILES string of the molecule is CCCOc1ccc(-c2cc(C(=O)N/N=C\c3ccco3)[nH]n2)cc1. The van der Waals surface area contributed by atoms with E-state index in [4.69, 9.17) is 9.15 Å². The molecule has 25 heavy (non-hydrogen) atoms. The summed E-state index contributed by atoms with van der Waals surface area (Å²) in [6, 6.07) is 12.7. The second-order valence-electron chi connectivity index (χ2n) is 5.25. The van der Waals surface area contributed by atoms with Crippen molar-refractivity contribution in [1.82, 2.24) is 15.6 Å². The van der Waals surface area contributed by atoms with Crippen molar-refractivity contribution in [2.45, 2.75) is 13.3 Å². The molecular weight excluding hydrogens is 320 g/mol.